The van der Waals surface area contributed by atoms with Crippen molar-refractivity contribution in [1.82, 2.24) is 15.8 Å². The van der Waals surface area contributed by atoms with Crippen LogP contribution in [-0.4, -0.2) is 25.3 Å². The van der Waals surface area contributed by atoms with E-state index in [9.17, 15) is 4.39 Å². The molecule has 1 heterocycles. The number of nitrogens with zero attached hydrogens (tertiary/aromatic N) is 2. The maximum absolute atomic E-state index is 13.7. The summed E-state index contributed by atoms with van der Waals surface area (Å²) in [4.78, 5) is 4.19. The van der Waals surface area contributed by atoms with Gasteiger partial charge in [-0.25, -0.2) is 4.39 Å². The Hall–Kier alpha value is -1.84. The van der Waals surface area contributed by atoms with Crippen molar-refractivity contribution in [3.63, 3.8) is 0 Å². The van der Waals surface area contributed by atoms with E-state index in [0.717, 1.165) is 35.4 Å². The summed E-state index contributed by atoms with van der Waals surface area (Å²) < 4.78 is 24.0. The SMILES string of the molecule is CCc1noc(CC)c1CNC(=NC)NCc1ccc(OC)c(F)c1.I. The van der Waals surface area contributed by atoms with Gasteiger partial charge in [0, 0.05) is 32.1 Å². The Bertz CT molecular complexity index is 712. The van der Waals surface area contributed by atoms with Crippen LogP contribution in [0.2, 0.25) is 0 Å². The van der Waals surface area contributed by atoms with E-state index in [2.05, 4.69) is 20.8 Å². The van der Waals surface area contributed by atoms with Crippen LogP contribution in [0.5, 0.6) is 5.75 Å². The van der Waals surface area contributed by atoms with Crippen molar-refractivity contribution in [2.45, 2.75) is 39.8 Å². The minimum Gasteiger partial charge on any atom is -0.494 e. The van der Waals surface area contributed by atoms with Crippen LogP contribution in [0.15, 0.2) is 27.7 Å². The molecule has 2 N–H and O–H groups in total. The number of methoxy groups -OCH3 is 1. The summed E-state index contributed by atoms with van der Waals surface area (Å²) in [6, 6.07) is 4.87. The van der Waals surface area contributed by atoms with E-state index in [1.807, 2.05) is 19.9 Å². The molecule has 0 aliphatic carbocycles. The lowest BCUT2D eigenvalue weighted by atomic mass is 10.1. The van der Waals surface area contributed by atoms with Gasteiger partial charge in [0.15, 0.2) is 17.5 Å². The Morgan fingerprint density at radius 2 is 1.96 bits per heavy atom. The fraction of sp³-hybridized carbons (Fsp3) is 0.444. The highest BCUT2D eigenvalue weighted by molar-refractivity contribution is 14.0. The zero-order chi connectivity index (χ0) is 18.2. The standard InChI is InChI=1S/C18H25FN4O2.HI/c1-5-15-13(16(6-2)25-23-15)11-22-18(20-3)21-10-12-7-8-17(24-4)14(19)9-12;/h7-9H,5-6,10-11H2,1-4H3,(H2,20,21,22);1H. The van der Waals surface area contributed by atoms with E-state index in [1.165, 1.54) is 13.2 Å². The van der Waals surface area contributed by atoms with E-state index in [4.69, 9.17) is 9.26 Å². The molecule has 1 aromatic carbocycles. The second kappa shape index (κ2) is 11.0. The highest BCUT2D eigenvalue weighted by Crippen LogP contribution is 2.17. The first-order valence-corrected chi connectivity index (χ1v) is 8.36. The van der Waals surface area contributed by atoms with Crippen LogP contribution in [0.4, 0.5) is 4.39 Å². The summed E-state index contributed by atoms with van der Waals surface area (Å²) >= 11 is 0. The molecule has 0 amide bonds. The van der Waals surface area contributed by atoms with Crippen LogP contribution in [0, 0.1) is 5.82 Å². The topological polar surface area (TPSA) is 71.7 Å². The average molecular weight is 476 g/mol. The number of aliphatic imine (C=N–C) groups is 1. The lowest BCUT2D eigenvalue weighted by Crippen LogP contribution is -2.36. The Balaban J connectivity index is 0.00000338. The number of halogens is 2. The molecule has 0 aliphatic heterocycles. The van der Waals surface area contributed by atoms with Crippen molar-refractivity contribution >= 4 is 29.9 Å². The van der Waals surface area contributed by atoms with Gasteiger partial charge >= 0.3 is 0 Å². The van der Waals surface area contributed by atoms with Crippen LogP contribution in [0.1, 0.15) is 36.4 Å². The lowest BCUT2D eigenvalue weighted by Gasteiger charge is -2.13. The smallest absolute Gasteiger partial charge is 0.191 e. The Labute approximate surface area is 170 Å². The molecular weight excluding hydrogens is 450 g/mol. The molecule has 0 unspecified atom stereocenters. The Morgan fingerprint density at radius 3 is 2.54 bits per heavy atom. The summed E-state index contributed by atoms with van der Waals surface area (Å²) in [7, 11) is 3.14. The number of hydrogen-bond donors (Lipinski definition) is 2. The maximum Gasteiger partial charge on any atom is 0.191 e. The lowest BCUT2D eigenvalue weighted by molar-refractivity contribution is 0.380. The van der Waals surface area contributed by atoms with Crippen molar-refractivity contribution in [1.29, 1.82) is 0 Å². The van der Waals surface area contributed by atoms with Crippen molar-refractivity contribution < 1.29 is 13.7 Å². The third kappa shape index (κ3) is 5.58. The largest absolute Gasteiger partial charge is 0.494 e. The van der Waals surface area contributed by atoms with Crippen molar-refractivity contribution in [3.8, 4) is 5.75 Å². The summed E-state index contributed by atoms with van der Waals surface area (Å²) in [5.74, 6) is 1.37. The molecule has 0 atom stereocenters. The molecule has 26 heavy (non-hydrogen) atoms. The second-order valence-corrected chi connectivity index (χ2v) is 5.49. The molecule has 2 rings (SSSR count). The number of aryl methyl sites for hydroxylation is 2. The first-order chi connectivity index (χ1) is 12.1. The molecule has 2 aromatic rings. The van der Waals surface area contributed by atoms with E-state index < -0.39 is 0 Å². The number of benzene rings is 1. The minimum absolute atomic E-state index is 0. The van der Waals surface area contributed by atoms with Crippen LogP contribution in [0.3, 0.4) is 0 Å². The summed E-state index contributed by atoms with van der Waals surface area (Å²) in [5, 5.41) is 10.5. The number of rotatable bonds is 7. The highest BCUT2D eigenvalue weighted by atomic mass is 127. The third-order valence-electron chi connectivity index (χ3n) is 3.94. The van der Waals surface area contributed by atoms with E-state index in [1.54, 1.807) is 13.1 Å². The van der Waals surface area contributed by atoms with Gasteiger partial charge in [-0.2, -0.15) is 0 Å². The summed E-state index contributed by atoms with van der Waals surface area (Å²) in [6.07, 6.45) is 1.61. The third-order valence-corrected chi connectivity index (χ3v) is 3.94. The van der Waals surface area contributed by atoms with Gasteiger partial charge in [0.2, 0.25) is 0 Å². The fourth-order valence-corrected chi connectivity index (χ4v) is 2.54. The summed E-state index contributed by atoms with van der Waals surface area (Å²) in [5.41, 5.74) is 2.83. The number of aromatic nitrogens is 1. The molecule has 0 radical (unpaired) electrons. The molecule has 8 heteroatoms. The van der Waals surface area contributed by atoms with Gasteiger partial charge in [0.25, 0.3) is 0 Å². The Morgan fingerprint density at radius 1 is 1.23 bits per heavy atom. The molecule has 0 aliphatic rings. The van der Waals surface area contributed by atoms with Gasteiger partial charge in [-0.3, -0.25) is 4.99 Å². The molecule has 0 saturated heterocycles. The maximum atomic E-state index is 13.7. The zero-order valence-electron chi connectivity index (χ0n) is 15.6. The Kier molecular flexibility index (Phi) is 9.39. The molecule has 1 aromatic heterocycles. The molecule has 0 spiro atoms. The van der Waals surface area contributed by atoms with Crippen molar-refractivity contribution in [2.75, 3.05) is 14.2 Å². The van der Waals surface area contributed by atoms with Crippen LogP contribution >= 0.6 is 24.0 Å². The van der Waals surface area contributed by atoms with Gasteiger partial charge in [0.05, 0.1) is 12.8 Å². The average Bonchev–Trinajstić information content (AvgIpc) is 3.04. The van der Waals surface area contributed by atoms with Gasteiger partial charge in [-0.05, 0) is 24.1 Å². The molecular formula is C18H26FIN4O2. The number of guanidine groups is 1. The minimum atomic E-state index is -0.380. The molecule has 144 valence electrons. The van der Waals surface area contributed by atoms with Crippen molar-refractivity contribution in [2.24, 2.45) is 4.99 Å². The van der Waals surface area contributed by atoms with E-state index in [0.29, 0.717) is 19.0 Å². The second-order valence-electron chi connectivity index (χ2n) is 5.49. The monoisotopic (exact) mass is 476 g/mol. The number of ether oxygens (including phenoxy) is 1. The predicted octanol–water partition coefficient (Wildman–Crippen LogP) is 3.43. The zero-order valence-corrected chi connectivity index (χ0v) is 17.9. The van der Waals surface area contributed by atoms with E-state index in [-0.39, 0.29) is 35.5 Å². The van der Waals surface area contributed by atoms with Gasteiger partial charge in [-0.15, -0.1) is 24.0 Å². The van der Waals surface area contributed by atoms with Crippen LogP contribution in [-0.2, 0) is 25.9 Å². The van der Waals surface area contributed by atoms with Crippen molar-refractivity contribution in [3.05, 3.63) is 46.6 Å². The predicted molar refractivity (Wildman–Crippen MR) is 111 cm³/mol. The molecule has 6 nitrogen and oxygen atoms in total. The van der Waals surface area contributed by atoms with Crippen LogP contribution in [0.25, 0.3) is 0 Å². The highest BCUT2D eigenvalue weighted by Gasteiger charge is 2.13. The number of nitrogens with one attached hydrogen (secondary N) is 2. The van der Waals surface area contributed by atoms with Gasteiger partial charge in [-0.1, -0.05) is 25.1 Å². The fourth-order valence-electron chi connectivity index (χ4n) is 2.54. The normalized spacial score (nSPS) is 11.0. The first-order valence-electron chi connectivity index (χ1n) is 8.36. The quantitative estimate of drug-likeness (QED) is 0.364. The number of hydrogen-bond acceptors (Lipinski definition) is 4. The molecule has 0 bridgehead atoms. The van der Waals surface area contributed by atoms with Crippen LogP contribution < -0.4 is 15.4 Å². The van der Waals surface area contributed by atoms with Gasteiger partial charge < -0.3 is 19.9 Å². The summed E-state index contributed by atoms with van der Waals surface area (Å²) in [6.45, 7) is 5.11. The van der Waals surface area contributed by atoms with Gasteiger partial charge in [0.1, 0.15) is 5.76 Å². The van der Waals surface area contributed by atoms with E-state index >= 15 is 0 Å². The first kappa shape index (κ1) is 22.2. The molecule has 0 saturated carbocycles. The molecule has 0 fully saturated rings.